The van der Waals surface area contributed by atoms with Crippen LogP contribution >= 0.6 is 11.5 Å². The third-order valence-corrected chi connectivity index (χ3v) is 3.24. The molecular weight excluding hydrogens is 212 g/mol. The lowest BCUT2D eigenvalue weighted by Gasteiger charge is -2.31. The van der Waals surface area contributed by atoms with Crippen molar-refractivity contribution < 1.29 is 4.79 Å². The molecule has 0 aromatic carbocycles. The molecule has 1 aliphatic rings. The summed E-state index contributed by atoms with van der Waals surface area (Å²) in [4.78, 5) is 13.0. The Bertz CT molecular complexity index is 319. The first-order valence-corrected chi connectivity index (χ1v) is 5.82. The number of nitrogens with one attached hydrogen (secondary N) is 1. The van der Waals surface area contributed by atoms with Crippen LogP contribution in [0.5, 0.6) is 0 Å². The molecule has 0 atom stereocenters. The zero-order chi connectivity index (χ0) is 10.7. The van der Waals surface area contributed by atoms with Crippen LogP contribution in [0.15, 0.2) is 6.20 Å². The van der Waals surface area contributed by atoms with E-state index in [1.54, 1.807) is 13.1 Å². The first kappa shape index (κ1) is 10.4. The van der Waals surface area contributed by atoms with Crippen LogP contribution in [0.4, 0.5) is 5.00 Å². The van der Waals surface area contributed by atoms with E-state index in [4.69, 9.17) is 0 Å². The normalized spacial score (nSPS) is 17.8. The molecule has 15 heavy (non-hydrogen) atoms. The number of piperidine rings is 1. The van der Waals surface area contributed by atoms with Gasteiger partial charge in [-0.2, -0.15) is 0 Å². The molecule has 1 aromatic heterocycles. The highest BCUT2D eigenvalue weighted by Gasteiger charge is 2.20. The standard InChI is InChI=1S/C9H14N4OS/c1-7(14)13-4-2-8(3-5-13)11-9-6-10-12-15-9/h6,8,11H,2-5H2,1H3. The number of carbonyl (C=O) groups excluding carboxylic acids is 1. The van der Waals surface area contributed by atoms with Crippen molar-refractivity contribution in [2.24, 2.45) is 0 Å². The van der Waals surface area contributed by atoms with Crippen LogP contribution in [0.25, 0.3) is 0 Å². The molecule has 1 N–H and O–H groups in total. The number of nitrogens with zero attached hydrogens (tertiary/aromatic N) is 3. The van der Waals surface area contributed by atoms with Crippen molar-refractivity contribution in [1.82, 2.24) is 14.5 Å². The van der Waals surface area contributed by atoms with Gasteiger partial charge in [0.05, 0.1) is 6.20 Å². The van der Waals surface area contributed by atoms with E-state index in [0.717, 1.165) is 30.9 Å². The third kappa shape index (κ3) is 2.65. The fourth-order valence-corrected chi connectivity index (χ4v) is 2.27. The molecule has 5 nitrogen and oxygen atoms in total. The summed E-state index contributed by atoms with van der Waals surface area (Å²) >= 11 is 1.37. The Hall–Kier alpha value is -1.17. The molecule has 0 aliphatic carbocycles. The van der Waals surface area contributed by atoms with Gasteiger partial charge in [0.2, 0.25) is 5.91 Å². The maximum absolute atomic E-state index is 11.1. The van der Waals surface area contributed by atoms with E-state index in [1.807, 2.05) is 4.90 Å². The van der Waals surface area contributed by atoms with Crippen LogP contribution in [0.3, 0.4) is 0 Å². The molecule has 1 saturated heterocycles. The average molecular weight is 226 g/mol. The van der Waals surface area contributed by atoms with Crippen molar-refractivity contribution in [3.63, 3.8) is 0 Å². The van der Waals surface area contributed by atoms with Crippen molar-refractivity contribution in [1.29, 1.82) is 0 Å². The number of carbonyl (C=O) groups is 1. The zero-order valence-electron chi connectivity index (χ0n) is 8.64. The Morgan fingerprint density at radius 2 is 2.33 bits per heavy atom. The molecule has 0 unspecified atom stereocenters. The third-order valence-electron chi connectivity index (χ3n) is 2.65. The average Bonchev–Trinajstić information content (AvgIpc) is 2.71. The Morgan fingerprint density at radius 1 is 1.60 bits per heavy atom. The molecule has 1 fully saturated rings. The van der Waals surface area contributed by atoms with Gasteiger partial charge in [-0.05, 0) is 12.8 Å². The number of likely N-dealkylation sites (tertiary alicyclic amines) is 1. The smallest absolute Gasteiger partial charge is 0.219 e. The van der Waals surface area contributed by atoms with E-state index in [-0.39, 0.29) is 5.91 Å². The molecule has 6 heteroatoms. The Balaban J connectivity index is 1.81. The number of hydrogen-bond acceptors (Lipinski definition) is 5. The molecule has 1 aromatic rings. The molecule has 0 spiro atoms. The fraction of sp³-hybridized carbons (Fsp3) is 0.667. The quantitative estimate of drug-likeness (QED) is 0.816. The van der Waals surface area contributed by atoms with Gasteiger partial charge in [-0.15, -0.1) is 5.10 Å². The fourth-order valence-electron chi connectivity index (χ4n) is 1.77. The van der Waals surface area contributed by atoms with Crippen molar-refractivity contribution in [2.75, 3.05) is 18.4 Å². The summed E-state index contributed by atoms with van der Waals surface area (Å²) < 4.78 is 3.80. The second kappa shape index (κ2) is 4.57. The molecule has 0 radical (unpaired) electrons. The summed E-state index contributed by atoms with van der Waals surface area (Å²) in [5, 5.41) is 8.16. The van der Waals surface area contributed by atoms with E-state index >= 15 is 0 Å². The van der Waals surface area contributed by atoms with Gasteiger partial charge < -0.3 is 10.2 Å². The largest absolute Gasteiger partial charge is 0.371 e. The van der Waals surface area contributed by atoms with E-state index < -0.39 is 0 Å². The Labute approximate surface area is 92.6 Å². The number of amides is 1. The molecule has 1 amide bonds. The van der Waals surface area contributed by atoms with E-state index in [9.17, 15) is 4.79 Å². The molecule has 0 saturated carbocycles. The maximum Gasteiger partial charge on any atom is 0.219 e. The minimum absolute atomic E-state index is 0.174. The van der Waals surface area contributed by atoms with Crippen LogP contribution in [0.1, 0.15) is 19.8 Å². The number of anilines is 1. The van der Waals surface area contributed by atoms with Crippen LogP contribution < -0.4 is 5.32 Å². The van der Waals surface area contributed by atoms with Crippen LogP contribution in [-0.4, -0.2) is 39.5 Å². The predicted molar refractivity (Wildman–Crippen MR) is 58.8 cm³/mol. The first-order chi connectivity index (χ1) is 7.25. The SMILES string of the molecule is CC(=O)N1CCC(Nc2cnns2)CC1. The minimum atomic E-state index is 0.174. The van der Waals surface area contributed by atoms with Crippen LogP contribution in [-0.2, 0) is 4.79 Å². The lowest BCUT2D eigenvalue weighted by molar-refractivity contribution is -0.129. The van der Waals surface area contributed by atoms with Gasteiger partial charge >= 0.3 is 0 Å². The van der Waals surface area contributed by atoms with Crippen molar-refractivity contribution >= 4 is 22.4 Å². The number of aromatic nitrogens is 2. The minimum Gasteiger partial charge on any atom is -0.371 e. The van der Waals surface area contributed by atoms with Gasteiger partial charge in [0.25, 0.3) is 0 Å². The summed E-state index contributed by atoms with van der Waals surface area (Å²) in [6, 6.07) is 0.447. The highest BCUT2D eigenvalue weighted by atomic mass is 32.1. The second-order valence-corrected chi connectivity index (χ2v) is 4.49. The zero-order valence-corrected chi connectivity index (χ0v) is 9.46. The van der Waals surface area contributed by atoms with E-state index in [0.29, 0.717) is 6.04 Å². The lowest BCUT2D eigenvalue weighted by atomic mass is 10.1. The Kier molecular flexibility index (Phi) is 3.15. The van der Waals surface area contributed by atoms with E-state index in [2.05, 4.69) is 14.9 Å². The maximum atomic E-state index is 11.1. The lowest BCUT2D eigenvalue weighted by Crippen LogP contribution is -2.41. The first-order valence-electron chi connectivity index (χ1n) is 5.05. The topological polar surface area (TPSA) is 58.1 Å². The van der Waals surface area contributed by atoms with Gasteiger partial charge in [0.1, 0.15) is 5.00 Å². The van der Waals surface area contributed by atoms with Gasteiger partial charge in [-0.3, -0.25) is 4.79 Å². The summed E-state index contributed by atoms with van der Waals surface area (Å²) in [6.07, 6.45) is 3.73. The van der Waals surface area contributed by atoms with Gasteiger partial charge in [0, 0.05) is 37.6 Å². The van der Waals surface area contributed by atoms with Crippen molar-refractivity contribution in [2.45, 2.75) is 25.8 Å². The van der Waals surface area contributed by atoms with Crippen molar-refractivity contribution in [3.8, 4) is 0 Å². The van der Waals surface area contributed by atoms with Crippen LogP contribution in [0, 0.1) is 0 Å². The molecule has 2 heterocycles. The van der Waals surface area contributed by atoms with Gasteiger partial charge in [-0.1, -0.05) is 4.49 Å². The highest BCUT2D eigenvalue weighted by Crippen LogP contribution is 2.17. The summed E-state index contributed by atoms with van der Waals surface area (Å²) in [6.45, 7) is 3.32. The number of rotatable bonds is 2. The molecule has 1 aliphatic heterocycles. The van der Waals surface area contributed by atoms with Crippen molar-refractivity contribution in [3.05, 3.63) is 6.20 Å². The van der Waals surface area contributed by atoms with Gasteiger partial charge in [0.15, 0.2) is 0 Å². The molecular formula is C9H14N4OS. The summed E-state index contributed by atoms with van der Waals surface area (Å²) in [7, 11) is 0. The predicted octanol–water partition coefficient (Wildman–Crippen LogP) is 0.961. The van der Waals surface area contributed by atoms with Gasteiger partial charge in [-0.25, -0.2) is 0 Å². The second-order valence-electron chi connectivity index (χ2n) is 3.71. The molecule has 2 rings (SSSR count). The molecule has 0 bridgehead atoms. The van der Waals surface area contributed by atoms with E-state index in [1.165, 1.54) is 11.5 Å². The Morgan fingerprint density at radius 3 is 2.87 bits per heavy atom. The summed E-state index contributed by atoms with van der Waals surface area (Å²) in [5.74, 6) is 0.174. The molecule has 82 valence electrons. The van der Waals surface area contributed by atoms with Crippen LogP contribution in [0.2, 0.25) is 0 Å². The highest BCUT2D eigenvalue weighted by molar-refractivity contribution is 7.09. The summed E-state index contributed by atoms with van der Waals surface area (Å²) in [5.41, 5.74) is 0. The monoisotopic (exact) mass is 226 g/mol. The number of hydrogen-bond donors (Lipinski definition) is 1.